The maximum atomic E-state index is 13.4. The summed E-state index contributed by atoms with van der Waals surface area (Å²) in [5, 5.41) is 0. The molecule has 1 saturated carbocycles. The third-order valence-electron chi connectivity index (χ3n) is 3.00. The second kappa shape index (κ2) is 3.67. The maximum Gasteiger partial charge on any atom is 0.432 e. The number of rotatable bonds is 2. The molecule has 1 aliphatic rings. The van der Waals surface area contributed by atoms with Gasteiger partial charge >= 0.3 is 6.18 Å². The van der Waals surface area contributed by atoms with Gasteiger partial charge in [0.05, 0.1) is 4.32 Å². The summed E-state index contributed by atoms with van der Waals surface area (Å²) >= 11 is 4.98. The Labute approximate surface area is 107 Å². The lowest BCUT2D eigenvalue weighted by atomic mass is 9.59. The molecule has 0 bridgehead atoms. The highest BCUT2D eigenvalue weighted by Gasteiger charge is 2.66. The van der Waals surface area contributed by atoms with Crippen LogP contribution in [0.5, 0.6) is 0 Å². The summed E-state index contributed by atoms with van der Waals surface area (Å²) in [5.74, 6) is -0.400. The number of hydrogen-bond donors (Lipinski definition) is 0. The Morgan fingerprint density at radius 3 is 2.00 bits per heavy atom. The molecule has 0 radical (unpaired) electrons. The van der Waals surface area contributed by atoms with E-state index in [-0.39, 0.29) is 6.42 Å². The van der Waals surface area contributed by atoms with Crippen molar-refractivity contribution in [3.8, 4) is 0 Å². The van der Waals surface area contributed by atoms with Gasteiger partial charge in [-0.05, 0) is 21.3 Å². The molecule has 0 heterocycles. The van der Waals surface area contributed by atoms with E-state index in [0.29, 0.717) is 0 Å². The summed E-state index contributed by atoms with van der Waals surface area (Å²) in [4.78, 5) is 11.4. The molecule has 1 aliphatic carbocycles. The van der Waals surface area contributed by atoms with Crippen LogP contribution < -0.4 is 0 Å². The topological polar surface area (TPSA) is 17.1 Å². The second-order valence-electron chi connectivity index (χ2n) is 4.66. The van der Waals surface area contributed by atoms with E-state index in [2.05, 4.69) is 15.9 Å². The van der Waals surface area contributed by atoms with Crippen molar-refractivity contribution in [3.05, 3.63) is 0 Å². The zero-order valence-electron chi connectivity index (χ0n) is 8.59. The number of carbonyl (C=O) groups is 1. The Bertz CT molecular complexity index is 324. The third-order valence-corrected chi connectivity index (χ3v) is 5.52. The minimum absolute atomic E-state index is 0.152. The summed E-state index contributed by atoms with van der Waals surface area (Å²) in [6.07, 6.45) is -5.85. The first-order valence-electron chi connectivity index (χ1n) is 4.50. The van der Waals surface area contributed by atoms with Crippen molar-refractivity contribution >= 4 is 37.6 Å². The number of ketones is 1. The van der Waals surface area contributed by atoms with Crippen molar-refractivity contribution in [2.45, 2.75) is 41.8 Å². The lowest BCUT2D eigenvalue weighted by molar-refractivity contribution is -0.199. The van der Waals surface area contributed by atoms with Crippen molar-refractivity contribution in [3.63, 3.8) is 0 Å². The zero-order valence-corrected chi connectivity index (χ0v) is 11.8. The van der Waals surface area contributed by atoms with Gasteiger partial charge in [0.1, 0.15) is 0 Å². The van der Waals surface area contributed by atoms with Gasteiger partial charge in [0, 0.05) is 12.8 Å². The van der Waals surface area contributed by atoms with Crippen molar-refractivity contribution < 1.29 is 22.4 Å². The van der Waals surface area contributed by atoms with E-state index in [9.17, 15) is 22.4 Å². The van der Waals surface area contributed by atoms with Crippen molar-refractivity contribution in [1.29, 1.82) is 0 Å². The van der Waals surface area contributed by atoms with Gasteiger partial charge in [0.2, 0.25) is 0 Å². The molecule has 1 rings (SSSR count). The number of alkyl halides is 6. The van der Waals surface area contributed by atoms with E-state index in [4.69, 9.17) is 0 Å². The fraction of sp³-hybridized carbons (Fsp3) is 0.889. The van der Waals surface area contributed by atoms with Crippen LogP contribution in [0.2, 0.25) is 0 Å². The lowest BCUT2D eigenvalue weighted by Crippen LogP contribution is -2.61. The summed E-state index contributed by atoms with van der Waals surface area (Å²) in [7, 11) is 0. The van der Waals surface area contributed by atoms with Crippen LogP contribution in [-0.2, 0) is 4.79 Å². The molecule has 0 aromatic carbocycles. The molecular weight excluding hydrogens is 360 g/mol. The number of hydrogen-bond acceptors (Lipinski definition) is 1. The van der Waals surface area contributed by atoms with E-state index >= 15 is 0 Å². The molecule has 0 aromatic heterocycles. The molecule has 1 nitrogen and oxygen atoms in total. The van der Waals surface area contributed by atoms with Gasteiger partial charge in [-0.2, -0.15) is 13.2 Å². The Balaban J connectivity index is 2.94. The minimum atomic E-state index is -5.04. The van der Waals surface area contributed by atoms with E-state index in [1.807, 2.05) is 15.9 Å². The summed E-state index contributed by atoms with van der Waals surface area (Å²) < 4.78 is 45.5. The highest BCUT2D eigenvalue weighted by Crippen LogP contribution is 2.59. The largest absolute Gasteiger partial charge is 0.432 e. The first-order chi connectivity index (χ1) is 6.83. The van der Waals surface area contributed by atoms with Crippen molar-refractivity contribution in [2.75, 3.05) is 0 Å². The zero-order chi connectivity index (χ0) is 13.0. The quantitative estimate of drug-likeness (QED) is 0.528. The van der Waals surface area contributed by atoms with Gasteiger partial charge in [-0.1, -0.05) is 29.8 Å². The Morgan fingerprint density at radius 1 is 1.31 bits per heavy atom. The van der Waals surface area contributed by atoms with Crippen LogP contribution >= 0.6 is 31.9 Å². The van der Waals surface area contributed by atoms with E-state index in [1.165, 1.54) is 0 Å². The SMILES string of the molecule is CC1(C)CC(=O)C1(Br)CC(F)(Br)C(F)(F)F. The molecule has 7 heteroatoms. The Morgan fingerprint density at radius 2 is 1.75 bits per heavy atom. The molecule has 2 atom stereocenters. The van der Waals surface area contributed by atoms with Gasteiger partial charge in [-0.3, -0.25) is 4.79 Å². The molecule has 0 saturated heterocycles. The first-order valence-corrected chi connectivity index (χ1v) is 6.09. The van der Waals surface area contributed by atoms with E-state index in [1.54, 1.807) is 13.8 Å². The highest BCUT2D eigenvalue weighted by molar-refractivity contribution is 9.10. The van der Waals surface area contributed by atoms with Gasteiger partial charge < -0.3 is 0 Å². The predicted octanol–water partition coefficient (Wildman–Crippen LogP) is 4.13. The molecule has 16 heavy (non-hydrogen) atoms. The third kappa shape index (κ3) is 2.05. The normalized spacial score (nSPS) is 33.1. The molecule has 0 aliphatic heterocycles. The van der Waals surface area contributed by atoms with Gasteiger partial charge in [0.25, 0.3) is 4.58 Å². The van der Waals surface area contributed by atoms with Crippen LogP contribution in [0, 0.1) is 5.41 Å². The van der Waals surface area contributed by atoms with Crippen LogP contribution in [-0.4, -0.2) is 20.9 Å². The molecule has 1 fully saturated rings. The first kappa shape index (κ1) is 14.4. The second-order valence-corrected chi connectivity index (χ2v) is 7.27. The molecule has 0 spiro atoms. The predicted molar refractivity (Wildman–Crippen MR) is 58.5 cm³/mol. The van der Waals surface area contributed by atoms with Gasteiger partial charge in [-0.15, -0.1) is 0 Å². The Hall–Kier alpha value is 0.350. The minimum Gasteiger partial charge on any atom is -0.298 e. The van der Waals surface area contributed by atoms with Crippen molar-refractivity contribution in [1.82, 2.24) is 0 Å². The molecular formula is C9H10Br2F4O. The molecule has 0 aromatic rings. The van der Waals surface area contributed by atoms with Crippen LogP contribution in [0.4, 0.5) is 17.6 Å². The van der Waals surface area contributed by atoms with E-state index in [0.717, 1.165) is 0 Å². The number of halogens is 6. The van der Waals surface area contributed by atoms with E-state index < -0.39 is 32.7 Å². The molecule has 0 N–H and O–H groups in total. The molecule has 94 valence electrons. The lowest BCUT2D eigenvalue weighted by Gasteiger charge is -2.52. The van der Waals surface area contributed by atoms with Crippen molar-refractivity contribution in [2.24, 2.45) is 5.41 Å². The molecule has 2 unspecified atom stereocenters. The summed E-state index contributed by atoms with van der Waals surface area (Å²) in [6, 6.07) is 0. The van der Waals surface area contributed by atoms with Gasteiger partial charge in [0.15, 0.2) is 5.78 Å². The Kier molecular flexibility index (Phi) is 3.31. The number of Topliss-reactive ketones (excluding diaryl/α,β-unsaturated/α-hetero) is 1. The maximum absolute atomic E-state index is 13.4. The smallest absolute Gasteiger partial charge is 0.298 e. The number of carbonyl (C=O) groups excluding carboxylic acids is 1. The summed E-state index contributed by atoms with van der Waals surface area (Å²) in [6.45, 7) is 3.26. The van der Waals surface area contributed by atoms with Gasteiger partial charge in [-0.25, -0.2) is 4.39 Å². The van der Waals surface area contributed by atoms with Crippen LogP contribution in [0.1, 0.15) is 26.7 Å². The average Bonchev–Trinajstić information content (AvgIpc) is 2.00. The highest BCUT2D eigenvalue weighted by atomic mass is 79.9. The standard InChI is InChI=1S/C9H10Br2F4O/c1-6(2)3-5(16)7(6,10)4-8(11,12)9(13,14)15/h3-4H2,1-2H3. The summed E-state index contributed by atoms with van der Waals surface area (Å²) in [5.41, 5.74) is -0.680. The fourth-order valence-corrected chi connectivity index (χ4v) is 3.16. The monoisotopic (exact) mass is 368 g/mol. The fourth-order valence-electron chi connectivity index (χ4n) is 1.70. The molecule has 0 amide bonds. The average molecular weight is 370 g/mol. The van der Waals surface area contributed by atoms with Crippen LogP contribution in [0.15, 0.2) is 0 Å². The van der Waals surface area contributed by atoms with Crippen LogP contribution in [0.25, 0.3) is 0 Å². The van der Waals surface area contributed by atoms with Crippen LogP contribution in [0.3, 0.4) is 0 Å².